The van der Waals surface area contributed by atoms with Gasteiger partial charge < -0.3 is 5.32 Å². The molecular weight excluding hydrogens is 316 g/mol. The van der Waals surface area contributed by atoms with Crippen LogP contribution in [0.5, 0.6) is 0 Å². The van der Waals surface area contributed by atoms with Crippen molar-refractivity contribution in [2.24, 2.45) is 0 Å². The molecule has 3 rings (SSSR count). The van der Waals surface area contributed by atoms with E-state index < -0.39 is 10.1 Å². The Morgan fingerprint density at radius 2 is 1.87 bits per heavy atom. The minimum atomic E-state index is -4.37. The van der Waals surface area contributed by atoms with Gasteiger partial charge in [-0.3, -0.25) is 9.45 Å². The molecule has 2 amide bonds. The molecule has 2 N–H and O–H groups in total. The highest BCUT2D eigenvalue weighted by Gasteiger charge is 2.24. The van der Waals surface area contributed by atoms with E-state index in [1.54, 1.807) is 18.2 Å². The van der Waals surface area contributed by atoms with Crippen LogP contribution in [-0.4, -0.2) is 32.1 Å². The van der Waals surface area contributed by atoms with Crippen molar-refractivity contribution in [2.45, 2.75) is 11.8 Å². The van der Waals surface area contributed by atoms with Gasteiger partial charge in [0.05, 0.1) is 0 Å². The standard InChI is InChI=1S/C16H16N2O4S/c1-11-4-2-3-5-13(11)14-10-12(18-9-8-17-16(18)19)6-7-15(14)23(20,21)22/h2-7,10H,8-9H2,1H3,(H,17,19)(H,20,21,22). The molecule has 0 aromatic heterocycles. The Hall–Kier alpha value is -2.38. The second-order valence-corrected chi connectivity index (χ2v) is 6.74. The molecule has 120 valence electrons. The molecule has 0 saturated carbocycles. The van der Waals surface area contributed by atoms with Gasteiger partial charge in [-0.25, -0.2) is 4.79 Å². The molecule has 6 nitrogen and oxygen atoms in total. The first-order valence-corrected chi connectivity index (χ1v) is 8.55. The summed E-state index contributed by atoms with van der Waals surface area (Å²) in [4.78, 5) is 13.2. The molecule has 2 aromatic rings. The zero-order valence-corrected chi connectivity index (χ0v) is 13.3. The van der Waals surface area contributed by atoms with E-state index in [0.29, 0.717) is 29.9 Å². The number of benzene rings is 2. The molecule has 0 spiro atoms. The van der Waals surface area contributed by atoms with Crippen molar-refractivity contribution in [3.05, 3.63) is 48.0 Å². The summed E-state index contributed by atoms with van der Waals surface area (Å²) in [6.45, 7) is 2.91. The zero-order chi connectivity index (χ0) is 16.6. The molecule has 0 atom stereocenters. The highest BCUT2D eigenvalue weighted by molar-refractivity contribution is 7.86. The first kappa shape index (κ1) is 15.5. The molecular formula is C16H16N2O4S. The lowest BCUT2D eigenvalue weighted by atomic mass is 10.00. The maximum absolute atomic E-state index is 11.8. The highest BCUT2D eigenvalue weighted by Crippen LogP contribution is 2.33. The third-order valence-corrected chi connectivity index (χ3v) is 4.76. The Balaban J connectivity index is 2.21. The summed E-state index contributed by atoms with van der Waals surface area (Å²) in [5.74, 6) is 0. The number of carbonyl (C=O) groups excluding carboxylic acids is 1. The Bertz CT molecular complexity index is 877. The van der Waals surface area contributed by atoms with E-state index in [1.165, 1.54) is 17.0 Å². The summed E-state index contributed by atoms with van der Waals surface area (Å²) in [7, 11) is -4.37. The Labute approximate surface area is 134 Å². The van der Waals surface area contributed by atoms with E-state index >= 15 is 0 Å². The summed E-state index contributed by atoms with van der Waals surface area (Å²) in [6.07, 6.45) is 0. The van der Waals surface area contributed by atoms with Gasteiger partial charge in [-0.15, -0.1) is 0 Å². The summed E-state index contributed by atoms with van der Waals surface area (Å²) >= 11 is 0. The van der Waals surface area contributed by atoms with Crippen LogP contribution in [0.2, 0.25) is 0 Å². The molecule has 1 aliphatic heterocycles. The van der Waals surface area contributed by atoms with Gasteiger partial charge in [0.25, 0.3) is 10.1 Å². The molecule has 7 heteroatoms. The van der Waals surface area contributed by atoms with E-state index in [-0.39, 0.29) is 10.9 Å². The van der Waals surface area contributed by atoms with Gasteiger partial charge in [-0.2, -0.15) is 8.42 Å². The topological polar surface area (TPSA) is 86.7 Å². The van der Waals surface area contributed by atoms with Gasteiger partial charge in [0.1, 0.15) is 4.90 Å². The van der Waals surface area contributed by atoms with E-state index in [1.807, 2.05) is 19.1 Å². The zero-order valence-electron chi connectivity index (χ0n) is 12.5. The quantitative estimate of drug-likeness (QED) is 0.845. The first-order valence-electron chi connectivity index (χ1n) is 7.11. The van der Waals surface area contributed by atoms with Crippen molar-refractivity contribution in [3.63, 3.8) is 0 Å². The third-order valence-electron chi connectivity index (χ3n) is 3.84. The average Bonchev–Trinajstić information content (AvgIpc) is 2.92. The van der Waals surface area contributed by atoms with Crippen molar-refractivity contribution < 1.29 is 17.8 Å². The Morgan fingerprint density at radius 1 is 1.13 bits per heavy atom. The van der Waals surface area contributed by atoms with E-state index in [2.05, 4.69) is 5.32 Å². The van der Waals surface area contributed by atoms with Crippen molar-refractivity contribution in [2.75, 3.05) is 18.0 Å². The number of carbonyl (C=O) groups is 1. The van der Waals surface area contributed by atoms with E-state index in [9.17, 15) is 17.8 Å². The van der Waals surface area contributed by atoms with Crippen molar-refractivity contribution in [3.8, 4) is 11.1 Å². The van der Waals surface area contributed by atoms with Crippen LogP contribution in [0.15, 0.2) is 47.4 Å². The molecule has 0 radical (unpaired) electrons. The molecule has 1 saturated heterocycles. The number of hydrogen-bond donors (Lipinski definition) is 2. The van der Waals surface area contributed by atoms with Crippen LogP contribution in [0, 0.1) is 6.92 Å². The average molecular weight is 332 g/mol. The summed E-state index contributed by atoms with van der Waals surface area (Å²) in [5.41, 5.74) is 2.54. The number of anilines is 1. The summed E-state index contributed by atoms with van der Waals surface area (Å²) < 4.78 is 32.9. The van der Waals surface area contributed by atoms with Gasteiger partial charge in [0.15, 0.2) is 0 Å². The molecule has 0 unspecified atom stereocenters. The SMILES string of the molecule is Cc1ccccc1-c1cc(N2CCNC2=O)ccc1S(=O)(=O)O. The van der Waals surface area contributed by atoms with Gasteiger partial charge in [-0.05, 0) is 36.2 Å². The Morgan fingerprint density at radius 3 is 2.48 bits per heavy atom. The molecule has 0 aliphatic carbocycles. The van der Waals surface area contributed by atoms with Crippen LogP contribution in [0.1, 0.15) is 5.56 Å². The monoisotopic (exact) mass is 332 g/mol. The second kappa shape index (κ2) is 5.68. The Kier molecular flexibility index (Phi) is 3.83. The van der Waals surface area contributed by atoms with E-state index in [0.717, 1.165) is 5.56 Å². The molecule has 0 bridgehead atoms. The molecule has 1 heterocycles. The lowest BCUT2D eigenvalue weighted by molar-refractivity contribution is 0.252. The number of nitrogens with zero attached hydrogens (tertiary/aromatic N) is 1. The van der Waals surface area contributed by atoms with Crippen LogP contribution < -0.4 is 10.2 Å². The minimum Gasteiger partial charge on any atom is -0.336 e. The maximum Gasteiger partial charge on any atom is 0.321 e. The lowest BCUT2D eigenvalue weighted by Crippen LogP contribution is -2.27. The molecule has 1 aliphatic rings. The predicted molar refractivity (Wildman–Crippen MR) is 87.2 cm³/mol. The fraction of sp³-hybridized carbons (Fsp3) is 0.188. The smallest absolute Gasteiger partial charge is 0.321 e. The lowest BCUT2D eigenvalue weighted by Gasteiger charge is -2.18. The van der Waals surface area contributed by atoms with Gasteiger partial charge >= 0.3 is 6.03 Å². The number of urea groups is 1. The third kappa shape index (κ3) is 2.93. The van der Waals surface area contributed by atoms with Crippen LogP contribution in [-0.2, 0) is 10.1 Å². The fourth-order valence-electron chi connectivity index (χ4n) is 2.71. The van der Waals surface area contributed by atoms with Crippen molar-refractivity contribution in [1.29, 1.82) is 0 Å². The number of aryl methyl sites for hydroxylation is 1. The largest absolute Gasteiger partial charge is 0.336 e. The summed E-state index contributed by atoms with van der Waals surface area (Å²) in [6, 6.07) is 11.5. The van der Waals surface area contributed by atoms with Gasteiger partial charge in [-0.1, -0.05) is 24.3 Å². The number of rotatable bonds is 3. The fourth-order valence-corrected chi connectivity index (χ4v) is 3.40. The van der Waals surface area contributed by atoms with Gasteiger partial charge in [0.2, 0.25) is 0 Å². The second-order valence-electron chi connectivity index (χ2n) is 5.35. The van der Waals surface area contributed by atoms with Crippen molar-refractivity contribution in [1.82, 2.24) is 5.32 Å². The highest BCUT2D eigenvalue weighted by atomic mass is 32.2. The predicted octanol–water partition coefficient (Wildman–Crippen LogP) is 2.44. The number of amides is 2. The van der Waals surface area contributed by atoms with E-state index in [4.69, 9.17) is 0 Å². The first-order chi connectivity index (χ1) is 10.9. The molecule has 2 aromatic carbocycles. The van der Waals surface area contributed by atoms with Crippen molar-refractivity contribution >= 4 is 21.8 Å². The minimum absolute atomic E-state index is 0.171. The van der Waals surface area contributed by atoms with Crippen LogP contribution >= 0.6 is 0 Å². The number of hydrogen-bond acceptors (Lipinski definition) is 3. The van der Waals surface area contributed by atoms with Crippen LogP contribution in [0.4, 0.5) is 10.5 Å². The van der Waals surface area contributed by atoms with Gasteiger partial charge in [0, 0.05) is 24.3 Å². The molecule has 23 heavy (non-hydrogen) atoms. The normalized spacial score (nSPS) is 14.9. The van der Waals surface area contributed by atoms with Crippen LogP contribution in [0.3, 0.4) is 0 Å². The maximum atomic E-state index is 11.8. The number of nitrogens with one attached hydrogen (secondary N) is 1. The molecule has 1 fully saturated rings. The van der Waals surface area contributed by atoms with Crippen LogP contribution in [0.25, 0.3) is 11.1 Å². The summed E-state index contributed by atoms with van der Waals surface area (Å²) in [5, 5.41) is 2.70.